The Kier molecular flexibility index (Phi) is 2.95. The summed E-state index contributed by atoms with van der Waals surface area (Å²) in [6.45, 7) is 1.89. The molecule has 3 aromatic rings. The minimum absolute atomic E-state index is 0.368. The molecule has 0 aliphatic heterocycles. The van der Waals surface area contributed by atoms with Crippen molar-refractivity contribution in [3.05, 3.63) is 46.2 Å². The molecular formula is C13H7ClF2N2S. The summed E-state index contributed by atoms with van der Waals surface area (Å²) in [7, 11) is 0. The van der Waals surface area contributed by atoms with Crippen LogP contribution in [0, 0.1) is 18.6 Å². The van der Waals surface area contributed by atoms with Crippen LogP contribution in [0.15, 0.2) is 24.5 Å². The maximum absolute atomic E-state index is 13.4. The van der Waals surface area contributed by atoms with Crippen LogP contribution in [0.1, 0.15) is 4.88 Å². The van der Waals surface area contributed by atoms with Gasteiger partial charge in [0.05, 0.1) is 10.2 Å². The predicted molar refractivity (Wildman–Crippen MR) is 72.5 cm³/mol. The highest BCUT2D eigenvalue weighted by Crippen LogP contribution is 2.39. The Morgan fingerprint density at radius 2 is 1.95 bits per heavy atom. The summed E-state index contributed by atoms with van der Waals surface area (Å²) < 4.78 is 27.1. The van der Waals surface area contributed by atoms with E-state index >= 15 is 0 Å². The summed E-state index contributed by atoms with van der Waals surface area (Å²) >= 11 is 7.45. The molecule has 0 fully saturated rings. The number of hydrogen-bond donors (Lipinski definition) is 0. The summed E-state index contributed by atoms with van der Waals surface area (Å²) in [5, 5.41) is 0.368. The topological polar surface area (TPSA) is 25.8 Å². The Labute approximate surface area is 116 Å². The van der Waals surface area contributed by atoms with Gasteiger partial charge in [0.15, 0.2) is 11.6 Å². The van der Waals surface area contributed by atoms with Crippen molar-refractivity contribution < 1.29 is 8.78 Å². The first-order valence-electron chi connectivity index (χ1n) is 5.43. The molecule has 1 aromatic carbocycles. The Bertz CT molecular complexity index is 786. The average molecular weight is 297 g/mol. The quantitative estimate of drug-likeness (QED) is 0.613. The fourth-order valence-electron chi connectivity index (χ4n) is 1.98. The molecule has 3 rings (SSSR count). The minimum atomic E-state index is -0.878. The number of aromatic nitrogens is 2. The van der Waals surface area contributed by atoms with Crippen molar-refractivity contribution in [1.82, 2.24) is 9.97 Å². The third-order valence-corrected chi connectivity index (χ3v) is 4.31. The standard InChI is InChI=1S/C13H7ClF2N2S/c1-6-10(7-2-3-8(15)9(16)4-7)11-12(19-6)13(14)18-5-17-11/h2-5H,1H3. The van der Waals surface area contributed by atoms with E-state index in [1.54, 1.807) is 0 Å². The van der Waals surface area contributed by atoms with Crippen LogP contribution < -0.4 is 0 Å². The van der Waals surface area contributed by atoms with Crippen LogP contribution in [0.2, 0.25) is 5.15 Å². The van der Waals surface area contributed by atoms with E-state index in [9.17, 15) is 8.78 Å². The molecule has 2 heterocycles. The Morgan fingerprint density at radius 1 is 1.16 bits per heavy atom. The van der Waals surface area contributed by atoms with Gasteiger partial charge in [0.1, 0.15) is 11.5 Å². The first-order chi connectivity index (χ1) is 9.08. The van der Waals surface area contributed by atoms with E-state index in [-0.39, 0.29) is 0 Å². The third-order valence-electron chi connectivity index (χ3n) is 2.81. The molecule has 0 N–H and O–H groups in total. The maximum Gasteiger partial charge on any atom is 0.159 e. The minimum Gasteiger partial charge on any atom is -0.235 e. The molecule has 0 radical (unpaired) electrons. The predicted octanol–water partition coefficient (Wildman–Crippen LogP) is 4.60. The molecule has 0 amide bonds. The molecule has 0 spiro atoms. The van der Waals surface area contributed by atoms with Crippen LogP contribution in [0.3, 0.4) is 0 Å². The number of fused-ring (bicyclic) bond motifs is 1. The Morgan fingerprint density at radius 3 is 2.68 bits per heavy atom. The van der Waals surface area contributed by atoms with E-state index in [0.29, 0.717) is 16.2 Å². The van der Waals surface area contributed by atoms with Crippen molar-refractivity contribution >= 4 is 33.2 Å². The first kappa shape index (κ1) is 12.4. The Balaban J connectivity index is 2.33. The highest BCUT2D eigenvalue weighted by atomic mass is 35.5. The molecular weight excluding hydrogens is 290 g/mol. The molecule has 0 saturated carbocycles. The van der Waals surface area contributed by atoms with Gasteiger partial charge in [0.2, 0.25) is 0 Å². The highest BCUT2D eigenvalue weighted by Gasteiger charge is 2.16. The molecule has 2 nitrogen and oxygen atoms in total. The van der Waals surface area contributed by atoms with Gasteiger partial charge >= 0.3 is 0 Å². The summed E-state index contributed by atoms with van der Waals surface area (Å²) in [5.74, 6) is -1.75. The second-order valence-corrected chi connectivity index (χ2v) is 5.59. The number of hydrogen-bond acceptors (Lipinski definition) is 3. The van der Waals surface area contributed by atoms with Crippen molar-refractivity contribution in [3.8, 4) is 11.1 Å². The van der Waals surface area contributed by atoms with Gasteiger partial charge in [0, 0.05) is 10.4 Å². The van der Waals surface area contributed by atoms with Crippen LogP contribution in [-0.2, 0) is 0 Å². The van der Waals surface area contributed by atoms with Crippen molar-refractivity contribution in [1.29, 1.82) is 0 Å². The molecule has 0 atom stereocenters. The van der Waals surface area contributed by atoms with E-state index in [1.807, 2.05) is 6.92 Å². The fraction of sp³-hybridized carbons (Fsp3) is 0.0769. The number of nitrogens with zero attached hydrogens (tertiary/aromatic N) is 2. The number of benzene rings is 1. The summed E-state index contributed by atoms with van der Waals surface area (Å²) in [4.78, 5) is 9.04. The fourth-order valence-corrected chi connectivity index (χ4v) is 3.24. The lowest BCUT2D eigenvalue weighted by Crippen LogP contribution is -1.87. The van der Waals surface area contributed by atoms with E-state index in [2.05, 4.69) is 9.97 Å². The monoisotopic (exact) mass is 296 g/mol. The molecule has 6 heteroatoms. The van der Waals surface area contributed by atoms with Crippen molar-refractivity contribution in [3.63, 3.8) is 0 Å². The summed E-state index contributed by atoms with van der Waals surface area (Å²) in [6, 6.07) is 3.80. The lowest BCUT2D eigenvalue weighted by molar-refractivity contribution is 0.509. The number of halogens is 3. The SMILES string of the molecule is Cc1sc2c(Cl)ncnc2c1-c1ccc(F)c(F)c1. The van der Waals surface area contributed by atoms with Gasteiger partial charge in [-0.1, -0.05) is 17.7 Å². The van der Waals surface area contributed by atoms with Crippen LogP contribution in [0.4, 0.5) is 8.78 Å². The van der Waals surface area contributed by atoms with Crippen LogP contribution in [0.5, 0.6) is 0 Å². The zero-order chi connectivity index (χ0) is 13.6. The smallest absolute Gasteiger partial charge is 0.159 e. The molecule has 0 saturated heterocycles. The van der Waals surface area contributed by atoms with Crippen LogP contribution in [0.25, 0.3) is 21.3 Å². The molecule has 19 heavy (non-hydrogen) atoms. The zero-order valence-corrected chi connectivity index (χ0v) is 11.3. The summed E-state index contributed by atoms with van der Waals surface area (Å²) in [6.07, 6.45) is 1.36. The van der Waals surface area contributed by atoms with E-state index in [0.717, 1.165) is 21.2 Å². The lowest BCUT2D eigenvalue weighted by Gasteiger charge is -2.02. The first-order valence-corrected chi connectivity index (χ1v) is 6.62. The average Bonchev–Trinajstić information content (AvgIpc) is 2.71. The van der Waals surface area contributed by atoms with Gasteiger partial charge in [-0.25, -0.2) is 18.7 Å². The Hall–Kier alpha value is -1.59. The van der Waals surface area contributed by atoms with E-state index in [1.165, 1.54) is 29.8 Å². The zero-order valence-electron chi connectivity index (χ0n) is 9.75. The second kappa shape index (κ2) is 4.51. The second-order valence-electron chi connectivity index (χ2n) is 4.00. The van der Waals surface area contributed by atoms with Crippen molar-refractivity contribution in [2.75, 3.05) is 0 Å². The van der Waals surface area contributed by atoms with Crippen molar-refractivity contribution in [2.24, 2.45) is 0 Å². The van der Waals surface area contributed by atoms with Crippen LogP contribution >= 0.6 is 22.9 Å². The van der Waals surface area contributed by atoms with E-state index in [4.69, 9.17) is 11.6 Å². The third kappa shape index (κ3) is 1.99. The van der Waals surface area contributed by atoms with Gasteiger partial charge in [-0.3, -0.25) is 0 Å². The van der Waals surface area contributed by atoms with Gasteiger partial charge in [0.25, 0.3) is 0 Å². The lowest BCUT2D eigenvalue weighted by atomic mass is 10.1. The molecule has 2 aromatic heterocycles. The molecule has 96 valence electrons. The highest BCUT2D eigenvalue weighted by molar-refractivity contribution is 7.20. The molecule has 0 aliphatic rings. The number of rotatable bonds is 1. The van der Waals surface area contributed by atoms with Crippen LogP contribution in [-0.4, -0.2) is 9.97 Å². The van der Waals surface area contributed by atoms with Crippen molar-refractivity contribution in [2.45, 2.75) is 6.92 Å². The molecule has 0 aliphatic carbocycles. The maximum atomic E-state index is 13.4. The normalized spacial score (nSPS) is 11.2. The van der Waals surface area contributed by atoms with E-state index < -0.39 is 11.6 Å². The van der Waals surface area contributed by atoms with Gasteiger partial charge < -0.3 is 0 Å². The molecule has 0 bridgehead atoms. The van der Waals surface area contributed by atoms with Gasteiger partial charge in [-0.15, -0.1) is 11.3 Å². The molecule has 0 unspecified atom stereocenters. The largest absolute Gasteiger partial charge is 0.235 e. The van der Waals surface area contributed by atoms with Gasteiger partial charge in [-0.2, -0.15) is 0 Å². The van der Waals surface area contributed by atoms with Gasteiger partial charge in [-0.05, 0) is 24.6 Å². The summed E-state index contributed by atoms with van der Waals surface area (Å²) in [5.41, 5.74) is 2.01. The number of aryl methyl sites for hydroxylation is 1. The number of thiophene rings is 1.